The number of pyridine rings is 1. The molecule has 0 spiro atoms. The second-order valence-electron chi connectivity index (χ2n) is 4.15. The van der Waals surface area contributed by atoms with E-state index in [0.717, 1.165) is 5.56 Å². The van der Waals surface area contributed by atoms with E-state index >= 15 is 0 Å². The maximum atomic E-state index is 12.0. The molecule has 0 bridgehead atoms. The molecule has 1 atom stereocenters. The Morgan fingerprint density at radius 3 is 2.84 bits per heavy atom. The van der Waals surface area contributed by atoms with Gasteiger partial charge in [-0.3, -0.25) is 9.78 Å². The van der Waals surface area contributed by atoms with Gasteiger partial charge >= 0.3 is 0 Å². The first-order valence-corrected chi connectivity index (χ1v) is 6.15. The molecule has 1 unspecified atom stereocenters. The predicted octanol–water partition coefficient (Wildman–Crippen LogP) is 2.93. The van der Waals surface area contributed by atoms with Gasteiger partial charge in [-0.15, -0.1) is 0 Å². The van der Waals surface area contributed by atoms with Crippen LogP contribution in [0.2, 0.25) is 5.02 Å². The molecule has 0 aliphatic heterocycles. The van der Waals surface area contributed by atoms with Crippen LogP contribution < -0.4 is 5.32 Å². The van der Waals surface area contributed by atoms with E-state index in [-0.39, 0.29) is 23.4 Å². The lowest BCUT2D eigenvalue weighted by Crippen LogP contribution is -2.27. The van der Waals surface area contributed by atoms with Gasteiger partial charge in [0.2, 0.25) is 0 Å². The van der Waals surface area contributed by atoms with Crippen molar-refractivity contribution in [1.82, 2.24) is 10.3 Å². The Morgan fingerprint density at radius 2 is 2.16 bits per heavy atom. The van der Waals surface area contributed by atoms with E-state index in [9.17, 15) is 9.90 Å². The lowest BCUT2D eigenvalue weighted by molar-refractivity contribution is 0.0935. The Morgan fingerprint density at radius 1 is 1.37 bits per heavy atom. The van der Waals surface area contributed by atoms with Crippen LogP contribution in [0.4, 0.5) is 0 Å². The van der Waals surface area contributed by atoms with Crippen LogP contribution in [0.3, 0.4) is 0 Å². The largest absolute Gasteiger partial charge is 0.508 e. The van der Waals surface area contributed by atoms with Gasteiger partial charge in [0, 0.05) is 11.2 Å². The summed E-state index contributed by atoms with van der Waals surface area (Å²) in [6.07, 6.45) is 1.48. The molecule has 0 saturated carbocycles. The Kier molecular flexibility index (Phi) is 4.02. The summed E-state index contributed by atoms with van der Waals surface area (Å²) in [6, 6.07) is 9.62. The Hall–Kier alpha value is -2.07. The maximum Gasteiger partial charge on any atom is 0.270 e. The molecule has 1 aromatic carbocycles. The summed E-state index contributed by atoms with van der Waals surface area (Å²) in [7, 11) is 0. The molecular weight excluding hydrogens is 264 g/mol. The number of rotatable bonds is 3. The van der Waals surface area contributed by atoms with Crippen LogP contribution in [0, 0.1) is 0 Å². The van der Waals surface area contributed by atoms with Crippen LogP contribution in [-0.2, 0) is 0 Å². The summed E-state index contributed by atoms with van der Waals surface area (Å²) >= 11 is 5.81. The highest BCUT2D eigenvalue weighted by Crippen LogP contribution is 2.18. The first-order chi connectivity index (χ1) is 9.06. The van der Waals surface area contributed by atoms with Crippen molar-refractivity contribution in [2.24, 2.45) is 0 Å². The smallest absolute Gasteiger partial charge is 0.270 e. The fourth-order valence-electron chi connectivity index (χ4n) is 1.68. The van der Waals surface area contributed by atoms with Crippen molar-refractivity contribution >= 4 is 17.5 Å². The number of amides is 1. The number of halogens is 1. The number of carbonyl (C=O) groups excluding carboxylic acids is 1. The van der Waals surface area contributed by atoms with E-state index in [4.69, 9.17) is 11.6 Å². The average Bonchev–Trinajstić information content (AvgIpc) is 2.38. The first-order valence-electron chi connectivity index (χ1n) is 5.77. The van der Waals surface area contributed by atoms with Crippen LogP contribution in [0.15, 0.2) is 42.6 Å². The molecule has 2 N–H and O–H groups in total. The van der Waals surface area contributed by atoms with Gasteiger partial charge in [0.05, 0.1) is 6.04 Å². The molecule has 0 fully saturated rings. The minimum atomic E-state index is -0.307. The second kappa shape index (κ2) is 5.71. The number of hydrogen-bond donors (Lipinski definition) is 2. The number of nitrogens with one attached hydrogen (secondary N) is 1. The molecule has 2 rings (SSSR count). The quantitative estimate of drug-likeness (QED) is 0.906. The summed E-state index contributed by atoms with van der Waals surface area (Å²) in [5.74, 6) is -0.141. The van der Waals surface area contributed by atoms with Crippen molar-refractivity contribution < 1.29 is 9.90 Å². The fraction of sp³-hybridized carbons (Fsp3) is 0.143. The minimum Gasteiger partial charge on any atom is -0.508 e. The van der Waals surface area contributed by atoms with E-state index in [2.05, 4.69) is 10.3 Å². The molecule has 1 aromatic heterocycles. The molecule has 5 heteroatoms. The van der Waals surface area contributed by atoms with Gasteiger partial charge in [-0.25, -0.2) is 0 Å². The zero-order chi connectivity index (χ0) is 13.8. The maximum absolute atomic E-state index is 12.0. The summed E-state index contributed by atoms with van der Waals surface area (Å²) < 4.78 is 0. The monoisotopic (exact) mass is 276 g/mol. The molecule has 0 radical (unpaired) electrons. The molecule has 98 valence electrons. The van der Waals surface area contributed by atoms with Gasteiger partial charge in [-0.1, -0.05) is 23.7 Å². The Labute approximate surface area is 116 Å². The highest BCUT2D eigenvalue weighted by Gasteiger charge is 2.13. The van der Waals surface area contributed by atoms with Gasteiger partial charge < -0.3 is 10.4 Å². The second-order valence-corrected chi connectivity index (χ2v) is 4.59. The zero-order valence-electron chi connectivity index (χ0n) is 10.3. The van der Waals surface area contributed by atoms with Crippen LogP contribution in [0.5, 0.6) is 5.75 Å². The molecule has 2 aromatic rings. The lowest BCUT2D eigenvalue weighted by Gasteiger charge is -2.14. The number of nitrogens with zero attached hydrogens (tertiary/aromatic N) is 1. The van der Waals surface area contributed by atoms with Crippen molar-refractivity contribution in [2.75, 3.05) is 0 Å². The summed E-state index contributed by atoms with van der Waals surface area (Å²) in [6.45, 7) is 1.83. The average molecular weight is 277 g/mol. The highest BCUT2D eigenvalue weighted by atomic mass is 35.5. The third-order valence-corrected chi connectivity index (χ3v) is 2.91. The predicted molar refractivity (Wildman–Crippen MR) is 73.2 cm³/mol. The molecule has 0 aliphatic rings. The topological polar surface area (TPSA) is 62.2 Å². The van der Waals surface area contributed by atoms with Gasteiger partial charge in [-0.05, 0) is 36.8 Å². The molecule has 1 amide bonds. The van der Waals surface area contributed by atoms with E-state index in [1.54, 1.807) is 24.3 Å². The third-order valence-electron chi connectivity index (χ3n) is 2.67. The van der Waals surface area contributed by atoms with Crippen LogP contribution >= 0.6 is 11.6 Å². The summed E-state index contributed by atoms with van der Waals surface area (Å²) in [5, 5.41) is 12.7. The molecule has 1 heterocycles. The van der Waals surface area contributed by atoms with Crippen LogP contribution in [-0.4, -0.2) is 16.0 Å². The van der Waals surface area contributed by atoms with E-state index in [1.165, 1.54) is 12.3 Å². The van der Waals surface area contributed by atoms with E-state index in [0.29, 0.717) is 5.02 Å². The van der Waals surface area contributed by atoms with Gasteiger partial charge in [0.25, 0.3) is 5.91 Å². The van der Waals surface area contributed by atoms with Gasteiger partial charge in [0.1, 0.15) is 11.4 Å². The minimum absolute atomic E-state index is 0.166. The number of aromatic nitrogens is 1. The molecular formula is C14H13ClN2O2. The Balaban J connectivity index is 2.11. The van der Waals surface area contributed by atoms with Crippen LogP contribution in [0.25, 0.3) is 0 Å². The number of benzene rings is 1. The van der Waals surface area contributed by atoms with E-state index < -0.39 is 0 Å². The summed E-state index contributed by atoms with van der Waals surface area (Å²) in [5.41, 5.74) is 1.08. The van der Waals surface area contributed by atoms with Crippen molar-refractivity contribution in [3.05, 3.63) is 58.9 Å². The summed E-state index contributed by atoms with van der Waals surface area (Å²) in [4.78, 5) is 15.9. The zero-order valence-corrected chi connectivity index (χ0v) is 11.1. The Bertz CT molecular complexity index is 602. The number of aromatic hydroxyl groups is 1. The van der Waals surface area contributed by atoms with Crippen molar-refractivity contribution in [3.8, 4) is 5.75 Å². The molecule has 19 heavy (non-hydrogen) atoms. The number of hydrogen-bond acceptors (Lipinski definition) is 3. The third kappa shape index (κ3) is 3.45. The first kappa shape index (κ1) is 13.4. The number of carbonyl (C=O) groups is 1. The van der Waals surface area contributed by atoms with Gasteiger partial charge in [0.15, 0.2) is 0 Å². The molecule has 4 nitrogen and oxygen atoms in total. The highest BCUT2D eigenvalue weighted by molar-refractivity contribution is 6.30. The normalized spacial score (nSPS) is 11.9. The number of phenols is 1. The lowest BCUT2D eigenvalue weighted by atomic mass is 10.1. The van der Waals surface area contributed by atoms with Crippen molar-refractivity contribution in [3.63, 3.8) is 0 Å². The van der Waals surface area contributed by atoms with E-state index in [1.807, 2.05) is 13.0 Å². The molecule has 0 saturated heterocycles. The van der Waals surface area contributed by atoms with Crippen molar-refractivity contribution in [1.29, 1.82) is 0 Å². The molecule has 0 aliphatic carbocycles. The van der Waals surface area contributed by atoms with Crippen LogP contribution in [0.1, 0.15) is 29.0 Å². The fourth-order valence-corrected chi connectivity index (χ4v) is 1.84. The standard InChI is InChI=1S/C14H13ClN2O2/c1-9(10-3-2-4-12(18)7-10)17-14(19)13-8-11(15)5-6-16-13/h2-9,18H,1H3,(H,17,19). The SMILES string of the molecule is CC(NC(=O)c1cc(Cl)ccn1)c1cccc(O)c1. The van der Waals surface area contributed by atoms with Crippen molar-refractivity contribution in [2.45, 2.75) is 13.0 Å². The van der Waals surface area contributed by atoms with Gasteiger partial charge in [-0.2, -0.15) is 0 Å². The number of phenolic OH excluding ortho intramolecular Hbond substituents is 1.